The Morgan fingerprint density at radius 3 is 2.24 bits per heavy atom. The number of sulfonamides is 1. The molecule has 0 radical (unpaired) electrons. The maximum Gasteiger partial charge on any atom is 0.243 e. The minimum atomic E-state index is -3.47. The van der Waals surface area contributed by atoms with E-state index >= 15 is 0 Å². The molecule has 0 aliphatic carbocycles. The van der Waals surface area contributed by atoms with Crippen molar-refractivity contribution in [2.45, 2.75) is 82.6 Å². The van der Waals surface area contributed by atoms with Crippen LogP contribution in [0.4, 0.5) is 0 Å². The molecule has 4 nitrogen and oxygen atoms in total. The van der Waals surface area contributed by atoms with E-state index in [-0.39, 0.29) is 17.2 Å². The first-order valence-electron chi connectivity index (χ1n) is 9.15. The highest BCUT2D eigenvalue weighted by Crippen LogP contribution is 2.39. The minimum absolute atomic E-state index is 0.00827. The molecular formula is C19H33NO3SSi. The molecule has 0 amide bonds. The van der Waals surface area contributed by atoms with Gasteiger partial charge < -0.3 is 4.43 Å². The molecule has 1 aromatic rings. The highest BCUT2D eigenvalue weighted by Gasteiger charge is 2.45. The average molecular weight is 384 g/mol. The van der Waals surface area contributed by atoms with Crippen LogP contribution in [0.15, 0.2) is 29.2 Å². The fraction of sp³-hybridized carbons (Fsp3) is 0.684. The summed E-state index contributed by atoms with van der Waals surface area (Å²) in [4.78, 5) is 0.379. The van der Waals surface area contributed by atoms with E-state index in [0.717, 1.165) is 18.4 Å². The molecule has 2 rings (SSSR count). The van der Waals surface area contributed by atoms with E-state index in [2.05, 4.69) is 40.8 Å². The molecule has 0 N–H and O–H groups in total. The Balaban J connectivity index is 2.23. The first kappa shape index (κ1) is 20.6. The van der Waals surface area contributed by atoms with Crippen LogP contribution < -0.4 is 0 Å². The Labute approximate surface area is 154 Å². The fourth-order valence-corrected chi connectivity index (χ4v) is 6.13. The zero-order valence-corrected chi connectivity index (χ0v) is 18.5. The molecule has 1 aromatic carbocycles. The molecule has 0 spiro atoms. The Hall–Kier alpha value is -0.693. The van der Waals surface area contributed by atoms with Gasteiger partial charge >= 0.3 is 0 Å². The van der Waals surface area contributed by atoms with Crippen molar-refractivity contribution in [2.75, 3.05) is 6.54 Å². The molecule has 6 heteroatoms. The Morgan fingerprint density at radius 1 is 1.20 bits per heavy atom. The first-order chi connectivity index (χ1) is 11.4. The van der Waals surface area contributed by atoms with Gasteiger partial charge in [0, 0.05) is 12.6 Å². The van der Waals surface area contributed by atoms with Crippen LogP contribution in [-0.2, 0) is 14.4 Å². The van der Waals surface area contributed by atoms with Crippen LogP contribution in [-0.4, -0.2) is 39.7 Å². The lowest BCUT2D eigenvalue weighted by atomic mass is 10.2. The second kappa shape index (κ2) is 7.14. The topological polar surface area (TPSA) is 46.6 Å². The lowest BCUT2D eigenvalue weighted by Gasteiger charge is -2.38. The van der Waals surface area contributed by atoms with Crippen molar-refractivity contribution in [3.8, 4) is 0 Å². The third-order valence-corrected chi connectivity index (χ3v) is 12.2. The number of hydrogen-bond acceptors (Lipinski definition) is 3. The van der Waals surface area contributed by atoms with E-state index in [1.807, 2.05) is 19.1 Å². The van der Waals surface area contributed by atoms with Crippen molar-refractivity contribution in [1.82, 2.24) is 4.31 Å². The molecule has 1 heterocycles. The Morgan fingerprint density at radius 2 is 1.76 bits per heavy atom. The van der Waals surface area contributed by atoms with Crippen LogP contribution in [0.25, 0.3) is 0 Å². The van der Waals surface area contributed by atoms with E-state index in [9.17, 15) is 8.42 Å². The molecule has 0 bridgehead atoms. The summed E-state index contributed by atoms with van der Waals surface area (Å²) in [6.45, 7) is 15.6. The van der Waals surface area contributed by atoms with Crippen LogP contribution in [0.3, 0.4) is 0 Å². The third-order valence-electron chi connectivity index (χ3n) is 5.69. The van der Waals surface area contributed by atoms with E-state index < -0.39 is 18.3 Å². The van der Waals surface area contributed by atoms with Gasteiger partial charge in [-0.3, -0.25) is 0 Å². The molecule has 0 unspecified atom stereocenters. The highest BCUT2D eigenvalue weighted by atomic mass is 32.2. The number of aryl methyl sites for hydroxylation is 1. The molecule has 142 valence electrons. The second-order valence-electron chi connectivity index (χ2n) is 8.69. The van der Waals surface area contributed by atoms with Gasteiger partial charge in [-0.1, -0.05) is 45.4 Å². The van der Waals surface area contributed by atoms with Crippen molar-refractivity contribution >= 4 is 18.3 Å². The highest BCUT2D eigenvalue weighted by molar-refractivity contribution is 7.89. The van der Waals surface area contributed by atoms with Crippen molar-refractivity contribution in [1.29, 1.82) is 0 Å². The van der Waals surface area contributed by atoms with E-state index in [1.165, 1.54) is 0 Å². The summed E-state index contributed by atoms with van der Waals surface area (Å²) in [6.07, 6.45) is 1.59. The second-order valence-corrected chi connectivity index (χ2v) is 15.3. The monoisotopic (exact) mass is 383 g/mol. The molecule has 1 aliphatic heterocycles. The zero-order valence-electron chi connectivity index (χ0n) is 16.7. The predicted octanol–water partition coefficient (Wildman–Crippen LogP) is 4.56. The predicted molar refractivity (Wildman–Crippen MR) is 106 cm³/mol. The third kappa shape index (κ3) is 4.35. The van der Waals surface area contributed by atoms with Gasteiger partial charge in [0.25, 0.3) is 0 Å². The minimum Gasteiger partial charge on any atom is -0.413 e. The van der Waals surface area contributed by atoms with Crippen molar-refractivity contribution in [3.05, 3.63) is 29.8 Å². The normalized spacial score (nSPS) is 23.2. The van der Waals surface area contributed by atoms with E-state index in [0.29, 0.717) is 11.4 Å². The fourth-order valence-electron chi connectivity index (χ4n) is 3.03. The number of rotatable bonds is 5. The van der Waals surface area contributed by atoms with E-state index in [4.69, 9.17) is 4.43 Å². The summed E-state index contributed by atoms with van der Waals surface area (Å²) in [6, 6.07) is 7.14. The molecule has 0 aromatic heterocycles. The summed E-state index contributed by atoms with van der Waals surface area (Å²) in [5, 5.41) is 0.123. The summed E-state index contributed by atoms with van der Waals surface area (Å²) in [5.74, 6) is 0. The average Bonchev–Trinajstić information content (AvgIpc) is 2.89. The standard InChI is InChI=1S/C19H33NO3SSi/c1-8-16-13-17(23-25(6,7)19(3,4)5)14-20(16)24(21,22)18-11-9-15(2)10-12-18/h9-12,16-17H,8,13-14H2,1-7H3/t16-,17+/m0/s1. The number of nitrogens with zero attached hydrogens (tertiary/aromatic N) is 1. The van der Waals surface area contributed by atoms with Gasteiger partial charge in [-0.05, 0) is 50.0 Å². The van der Waals surface area contributed by atoms with Crippen molar-refractivity contribution in [3.63, 3.8) is 0 Å². The van der Waals surface area contributed by atoms with Gasteiger partial charge in [-0.15, -0.1) is 0 Å². The van der Waals surface area contributed by atoms with Crippen LogP contribution in [0.5, 0.6) is 0 Å². The molecule has 2 atom stereocenters. The van der Waals surface area contributed by atoms with E-state index in [1.54, 1.807) is 16.4 Å². The summed E-state index contributed by atoms with van der Waals surface area (Å²) >= 11 is 0. The van der Waals surface area contributed by atoms with Crippen LogP contribution in [0.1, 0.15) is 46.1 Å². The van der Waals surface area contributed by atoms with Gasteiger partial charge in [0.2, 0.25) is 10.0 Å². The van der Waals surface area contributed by atoms with Crippen molar-refractivity contribution in [2.24, 2.45) is 0 Å². The van der Waals surface area contributed by atoms with Gasteiger partial charge in [-0.25, -0.2) is 8.42 Å². The maximum atomic E-state index is 13.1. The molecular weight excluding hydrogens is 350 g/mol. The summed E-state index contributed by atoms with van der Waals surface area (Å²) in [5.41, 5.74) is 1.06. The maximum absolute atomic E-state index is 13.1. The smallest absolute Gasteiger partial charge is 0.243 e. The molecule has 0 saturated carbocycles. The zero-order chi connectivity index (χ0) is 19.0. The van der Waals surface area contributed by atoms with Crippen LogP contribution >= 0.6 is 0 Å². The lowest BCUT2D eigenvalue weighted by molar-refractivity contribution is 0.193. The number of hydrogen-bond donors (Lipinski definition) is 0. The lowest BCUT2D eigenvalue weighted by Crippen LogP contribution is -2.44. The summed E-state index contributed by atoms with van der Waals surface area (Å²) < 4.78 is 34.4. The largest absolute Gasteiger partial charge is 0.413 e. The molecule has 25 heavy (non-hydrogen) atoms. The van der Waals surface area contributed by atoms with Gasteiger partial charge in [0.1, 0.15) is 0 Å². The summed E-state index contributed by atoms with van der Waals surface area (Å²) in [7, 11) is -5.38. The van der Waals surface area contributed by atoms with Gasteiger partial charge in [0.05, 0.1) is 11.0 Å². The van der Waals surface area contributed by atoms with Gasteiger partial charge in [0.15, 0.2) is 8.32 Å². The first-order valence-corrected chi connectivity index (χ1v) is 13.5. The van der Waals surface area contributed by atoms with Crippen LogP contribution in [0, 0.1) is 6.92 Å². The Kier molecular flexibility index (Phi) is 5.89. The molecule has 1 aliphatic rings. The van der Waals surface area contributed by atoms with Crippen LogP contribution in [0.2, 0.25) is 18.1 Å². The SMILES string of the molecule is CC[C@H]1C[C@@H](O[Si](C)(C)C(C)(C)C)CN1S(=O)(=O)c1ccc(C)cc1. The van der Waals surface area contributed by atoms with Gasteiger partial charge in [-0.2, -0.15) is 4.31 Å². The Bertz CT molecular complexity index is 692. The molecule has 1 saturated heterocycles. The number of benzene rings is 1. The van der Waals surface area contributed by atoms with Crippen molar-refractivity contribution < 1.29 is 12.8 Å². The quantitative estimate of drug-likeness (QED) is 0.700. The molecule has 1 fully saturated rings.